The second-order valence-electron chi connectivity index (χ2n) is 4.38. The molecule has 1 fully saturated rings. The fourth-order valence-corrected chi connectivity index (χ4v) is 2.02. The van der Waals surface area contributed by atoms with Gasteiger partial charge in [-0.05, 0) is 5.56 Å². The van der Waals surface area contributed by atoms with E-state index in [-0.39, 0.29) is 6.61 Å². The van der Waals surface area contributed by atoms with Gasteiger partial charge in [0.2, 0.25) is 0 Å². The van der Waals surface area contributed by atoms with E-state index in [2.05, 4.69) is 0 Å². The summed E-state index contributed by atoms with van der Waals surface area (Å²) in [5.74, 6) is 0. The Hall–Kier alpha value is -0.980. The van der Waals surface area contributed by atoms with Gasteiger partial charge in [-0.1, -0.05) is 30.3 Å². The van der Waals surface area contributed by atoms with Crippen molar-refractivity contribution < 1.29 is 24.8 Å². The SMILES string of the molecule is OC[C@H](O)[C@H]1OC[C@@H](O)[C@@H]1OCc1ccccc1. The summed E-state index contributed by atoms with van der Waals surface area (Å²) in [6.45, 7) is 0.0321. The zero-order valence-electron chi connectivity index (χ0n) is 9.98. The fraction of sp³-hybridized carbons (Fsp3) is 0.538. The first-order valence-electron chi connectivity index (χ1n) is 5.96. The number of hydrogen-bond donors (Lipinski definition) is 3. The molecule has 3 N–H and O–H groups in total. The Kier molecular flexibility index (Phi) is 4.68. The van der Waals surface area contributed by atoms with Gasteiger partial charge in [-0.15, -0.1) is 0 Å². The van der Waals surface area contributed by atoms with Crippen molar-refractivity contribution in [2.75, 3.05) is 13.2 Å². The van der Waals surface area contributed by atoms with Crippen molar-refractivity contribution in [1.82, 2.24) is 0 Å². The molecule has 4 atom stereocenters. The van der Waals surface area contributed by atoms with E-state index in [4.69, 9.17) is 14.6 Å². The molecule has 1 saturated heterocycles. The molecule has 0 aliphatic carbocycles. The number of benzene rings is 1. The zero-order chi connectivity index (χ0) is 13.0. The summed E-state index contributed by atoms with van der Waals surface area (Å²) in [5, 5.41) is 28.2. The van der Waals surface area contributed by atoms with Crippen LogP contribution < -0.4 is 0 Å². The first-order chi connectivity index (χ1) is 8.72. The molecule has 1 aromatic rings. The molecule has 1 aliphatic heterocycles. The van der Waals surface area contributed by atoms with Gasteiger partial charge in [-0.25, -0.2) is 0 Å². The molecule has 0 saturated carbocycles. The molecule has 0 spiro atoms. The minimum Gasteiger partial charge on any atom is -0.394 e. The van der Waals surface area contributed by atoms with Gasteiger partial charge >= 0.3 is 0 Å². The van der Waals surface area contributed by atoms with Crippen molar-refractivity contribution in [2.24, 2.45) is 0 Å². The molecule has 0 aromatic heterocycles. The Balaban J connectivity index is 1.94. The van der Waals surface area contributed by atoms with Gasteiger partial charge in [-0.2, -0.15) is 0 Å². The molecular formula is C13H18O5. The van der Waals surface area contributed by atoms with E-state index in [1.807, 2.05) is 30.3 Å². The predicted molar refractivity (Wildman–Crippen MR) is 63.9 cm³/mol. The monoisotopic (exact) mass is 254 g/mol. The van der Waals surface area contributed by atoms with Crippen molar-refractivity contribution in [3.8, 4) is 0 Å². The standard InChI is InChI=1S/C13H18O5/c14-6-10(15)12-13(11(16)8-18-12)17-7-9-4-2-1-3-5-9/h1-5,10-16H,6-8H2/t10-,11+,12+,13-/m0/s1. The van der Waals surface area contributed by atoms with Crippen LogP contribution in [0.15, 0.2) is 30.3 Å². The molecule has 0 amide bonds. The minimum atomic E-state index is -1.04. The smallest absolute Gasteiger partial charge is 0.115 e. The molecule has 5 heteroatoms. The highest BCUT2D eigenvalue weighted by atomic mass is 16.6. The minimum absolute atomic E-state index is 0.112. The largest absolute Gasteiger partial charge is 0.394 e. The lowest BCUT2D eigenvalue weighted by atomic mass is 10.1. The molecular weight excluding hydrogens is 236 g/mol. The van der Waals surface area contributed by atoms with Gasteiger partial charge in [0.05, 0.1) is 19.8 Å². The number of aliphatic hydroxyl groups is 3. The van der Waals surface area contributed by atoms with Crippen LogP contribution in [0.4, 0.5) is 0 Å². The van der Waals surface area contributed by atoms with E-state index in [1.165, 1.54) is 0 Å². The van der Waals surface area contributed by atoms with Crippen LogP contribution in [-0.2, 0) is 16.1 Å². The maximum absolute atomic E-state index is 9.74. The van der Waals surface area contributed by atoms with Crippen molar-refractivity contribution in [3.63, 3.8) is 0 Å². The van der Waals surface area contributed by atoms with E-state index in [9.17, 15) is 10.2 Å². The van der Waals surface area contributed by atoms with Gasteiger partial charge in [0.25, 0.3) is 0 Å². The Morgan fingerprint density at radius 3 is 2.72 bits per heavy atom. The van der Waals surface area contributed by atoms with E-state index in [0.29, 0.717) is 6.61 Å². The van der Waals surface area contributed by atoms with E-state index >= 15 is 0 Å². The molecule has 100 valence electrons. The average molecular weight is 254 g/mol. The third-order valence-corrected chi connectivity index (χ3v) is 3.01. The topological polar surface area (TPSA) is 79.2 Å². The van der Waals surface area contributed by atoms with Crippen LogP contribution in [0.5, 0.6) is 0 Å². The molecule has 0 radical (unpaired) electrons. The first kappa shape index (κ1) is 13.5. The van der Waals surface area contributed by atoms with Crippen LogP contribution in [0, 0.1) is 0 Å². The highest BCUT2D eigenvalue weighted by molar-refractivity contribution is 5.13. The summed E-state index contributed by atoms with van der Waals surface area (Å²) >= 11 is 0. The molecule has 1 aliphatic rings. The quantitative estimate of drug-likeness (QED) is 0.671. The Labute approximate surface area is 106 Å². The lowest BCUT2D eigenvalue weighted by molar-refractivity contribution is -0.0981. The maximum atomic E-state index is 9.74. The molecule has 1 aromatic carbocycles. The zero-order valence-corrected chi connectivity index (χ0v) is 9.98. The number of aliphatic hydroxyl groups excluding tert-OH is 3. The third kappa shape index (κ3) is 3.07. The van der Waals surface area contributed by atoms with Crippen molar-refractivity contribution in [3.05, 3.63) is 35.9 Å². The molecule has 1 heterocycles. The van der Waals surface area contributed by atoms with Crippen LogP contribution in [0.1, 0.15) is 5.56 Å². The molecule has 18 heavy (non-hydrogen) atoms. The van der Waals surface area contributed by atoms with Crippen molar-refractivity contribution in [2.45, 2.75) is 31.0 Å². The van der Waals surface area contributed by atoms with Gasteiger partial charge in [0.15, 0.2) is 0 Å². The summed E-state index contributed by atoms with van der Waals surface area (Å²) in [6.07, 6.45) is -3.12. The van der Waals surface area contributed by atoms with Gasteiger partial charge in [0.1, 0.15) is 24.4 Å². The highest BCUT2D eigenvalue weighted by Gasteiger charge is 2.41. The normalized spacial score (nSPS) is 29.4. The summed E-state index contributed by atoms with van der Waals surface area (Å²) in [7, 11) is 0. The fourth-order valence-electron chi connectivity index (χ4n) is 2.02. The molecule has 0 bridgehead atoms. The third-order valence-electron chi connectivity index (χ3n) is 3.01. The van der Waals surface area contributed by atoms with Gasteiger partial charge in [0, 0.05) is 0 Å². The van der Waals surface area contributed by atoms with Crippen LogP contribution >= 0.6 is 0 Å². The summed E-state index contributed by atoms with van der Waals surface area (Å²) < 4.78 is 10.8. The van der Waals surface area contributed by atoms with Crippen molar-refractivity contribution in [1.29, 1.82) is 0 Å². The Morgan fingerprint density at radius 2 is 2.06 bits per heavy atom. The lowest BCUT2D eigenvalue weighted by Crippen LogP contribution is -2.42. The number of ether oxygens (including phenoxy) is 2. The molecule has 5 nitrogen and oxygen atoms in total. The highest BCUT2D eigenvalue weighted by Crippen LogP contribution is 2.22. The van der Waals surface area contributed by atoms with Gasteiger partial charge < -0.3 is 24.8 Å². The Morgan fingerprint density at radius 1 is 1.33 bits per heavy atom. The van der Waals surface area contributed by atoms with Crippen LogP contribution in [0.25, 0.3) is 0 Å². The van der Waals surface area contributed by atoms with E-state index < -0.39 is 31.0 Å². The lowest BCUT2D eigenvalue weighted by Gasteiger charge is -2.23. The molecule has 0 unspecified atom stereocenters. The van der Waals surface area contributed by atoms with Crippen LogP contribution in [-0.4, -0.2) is 52.9 Å². The van der Waals surface area contributed by atoms with E-state index in [0.717, 1.165) is 5.56 Å². The van der Waals surface area contributed by atoms with Crippen LogP contribution in [0.3, 0.4) is 0 Å². The summed E-state index contributed by atoms with van der Waals surface area (Å²) in [4.78, 5) is 0. The second kappa shape index (κ2) is 6.26. The molecule has 2 rings (SSSR count). The first-order valence-corrected chi connectivity index (χ1v) is 5.96. The van der Waals surface area contributed by atoms with Crippen molar-refractivity contribution >= 4 is 0 Å². The average Bonchev–Trinajstić information content (AvgIpc) is 2.78. The predicted octanol–water partition coefficient (Wildman–Crippen LogP) is -0.315. The number of hydrogen-bond acceptors (Lipinski definition) is 5. The number of rotatable bonds is 5. The summed E-state index contributed by atoms with van der Waals surface area (Å²) in [5.41, 5.74) is 0.980. The van der Waals surface area contributed by atoms with Gasteiger partial charge in [-0.3, -0.25) is 0 Å². The van der Waals surface area contributed by atoms with Crippen LogP contribution in [0.2, 0.25) is 0 Å². The Bertz CT molecular complexity index is 356. The second-order valence-corrected chi connectivity index (χ2v) is 4.38. The van der Waals surface area contributed by atoms with E-state index in [1.54, 1.807) is 0 Å². The maximum Gasteiger partial charge on any atom is 0.115 e. The summed E-state index contributed by atoms with van der Waals surface area (Å²) in [6, 6.07) is 9.55.